The zero-order valence-corrected chi connectivity index (χ0v) is 17.0. The highest BCUT2D eigenvalue weighted by molar-refractivity contribution is 7.93. The summed E-state index contributed by atoms with van der Waals surface area (Å²) < 4.78 is 53.6. The summed E-state index contributed by atoms with van der Waals surface area (Å²) in [6, 6.07) is 12.2. The minimum absolute atomic E-state index is 0.200. The van der Waals surface area contributed by atoms with Crippen LogP contribution >= 0.6 is 0 Å². The van der Waals surface area contributed by atoms with Gasteiger partial charge in [0, 0.05) is 13.6 Å². The molecule has 0 aliphatic rings. The molecule has 0 spiro atoms. The minimum atomic E-state index is -3.78. The molecule has 0 fully saturated rings. The van der Waals surface area contributed by atoms with Gasteiger partial charge < -0.3 is 0 Å². The first-order valence-electron chi connectivity index (χ1n) is 8.14. The lowest BCUT2D eigenvalue weighted by atomic mass is 10.1. The number of nitrogens with one attached hydrogen (secondary N) is 1. The number of anilines is 1. The molecule has 142 valence electrons. The van der Waals surface area contributed by atoms with E-state index in [4.69, 9.17) is 0 Å². The van der Waals surface area contributed by atoms with E-state index in [0.717, 1.165) is 9.87 Å². The van der Waals surface area contributed by atoms with E-state index >= 15 is 0 Å². The second-order valence-electron chi connectivity index (χ2n) is 6.24. The standard InChI is InChI=1S/C18H24N2O4S2/c1-14-12-15(2)18(16(3)13-14)26(23,24)19-10-11-25(21,22)20(4)17-8-6-5-7-9-17/h5-9,12-13,19H,10-11H2,1-4H3. The van der Waals surface area contributed by atoms with Crippen molar-refractivity contribution in [1.82, 2.24) is 4.72 Å². The van der Waals surface area contributed by atoms with Gasteiger partial charge in [0.1, 0.15) is 0 Å². The van der Waals surface area contributed by atoms with Crippen molar-refractivity contribution in [2.45, 2.75) is 25.7 Å². The molecule has 0 atom stereocenters. The third-order valence-corrected chi connectivity index (χ3v) is 7.59. The van der Waals surface area contributed by atoms with Gasteiger partial charge in [-0.25, -0.2) is 21.6 Å². The van der Waals surface area contributed by atoms with Crippen LogP contribution in [-0.4, -0.2) is 36.2 Å². The highest BCUT2D eigenvalue weighted by atomic mass is 32.2. The van der Waals surface area contributed by atoms with Crippen LogP contribution in [0.25, 0.3) is 0 Å². The zero-order valence-electron chi connectivity index (χ0n) is 15.4. The fraction of sp³-hybridized carbons (Fsp3) is 0.333. The summed E-state index contributed by atoms with van der Waals surface area (Å²) in [5.41, 5.74) is 2.78. The molecular formula is C18H24N2O4S2. The molecule has 0 amide bonds. The molecule has 0 aliphatic heterocycles. The molecule has 2 aromatic rings. The Morgan fingerprint density at radius 2 is 1.46 bits per heavy atom. The SMILES string of the molecule is Cc1cc(C)c(S(=O)(=O)NCCS(=O)(=O)N(C)c2ccccc2)c(C)c1. The highest BCUT2D eigenvalue weighted by Gasteiger charge is 2.22. The van der Waals surface area contributed by atoms with Gasteiger partial charge in [0.05, 0.1) is 16.3 Å². The average molecular weight is 397 g/mol. The van der Waals surface area contributed by atoms with Crippen LogP contribution in [0.1, 0.15) is 16.7 Å². The van der Waals surface area contributed by atoms with Crippen LogP contribution in [0, 0.1) is 20.8 Å². The van der Waals surface area contributed by atoms with Crippen molar-refractivity contribution < 1.29 is 16.8 Å². The second kappa shape index (κ2) is 7.77. The van der Waals surface area contributed by atoms with E-state index in [0.29, 0.717) is 16.8 Å². The van der Waals surface area contributed by atoms with E-state index in [9.17, 15) is 16.8 Å². The van der Waals surface area contributed by atoms with Gasteiger partial charge in [-0.1, -0.05) is 35.9 Å². The lowest BCUT2D eigenvalue weighted by Crippen LogP contribution is -2.36. The van der Waals surface area contributed by atoms with E-state index in [1.165, 1.54) is 7.05 Å². The maximum absolute atomic E-state index is 12.6. The average Bonchev–Trinajstić information content (AvgIpc) is 2.53. The van der Waals surface area contributed by atoms with Crippen molar-refractivity contribution in [3.05, 3.63) is 59.2 Å². The Morgan fingerprint density at radius 1 is 0.923 bits per heavy atom. The van der Waals surface area contributed by atoms with Crippen LogP contribution < -0.4 is 9.03 Å². The van der Waals surface area contributed by atoms with Crippen LogP contribution in [0.5, 0.6) is 0 Å². The first kappa shape index (κ1) is 20.4. The van der Waals surface area contributed by atoms with Gasteiger partial charge in [-0.15, -0.1) is 0 Å². The largest absolute Gasteiger partial charge is 0.273 e. The third kappa shape index (κ3) is 4.63. The quantitative estimate of drug-likeness (QED) is 0.779. The summed E-state index contributed by atoms with van der Waals surface area (Å²) >= 11 is 0. The predicted molar refractivity (Wildman–Crippen MR) is 104 cm³/mol. The molecule has 0 unspecified atom stereocenters. The third-order valence-electron chi connectivity index (χ3n) is 4.06. The van der Waals surface area contributed by atoms with E-state index in [1.807, 2.05) is 6.92 Å². The van der Waals surface area contributed by atoms with Gasteiger partial charge >= 0.3 is 0 Å². The van der Waals surface area contributed by atoms with Crippen molar-refractivity contribution in [2.75, 3.05) is 23.7 Å². The molecule has 0 saturated heterocycles. The zero-order chi connectivity index (χ0) is 19.5. The molecule has 2 aromatic carbocycles. The fourth-order valence-electron chi connectivity index (χ4n) is 2.90. The first-order chi connectivity index (χ1) is 12.0. The molecule has 2 rings (SSSR count). The summed E-state index contributed by atoms with van der Waals surface area (Å²) in [4.78, 5) is 0.205. The number of nitrogens with zero attached hydrogens (tertiary/aromatic N) is 1. The molecule has 6 nitrogen and oxygen atoms in total. The Hall–Kier alpha value is -1.90. The van der Waals surface area contributed by atoms with Crippen LogP contribution in [0.15, 0.2) is 47.4 Å². The van der Waals surface area contributed by atoms with Gasteiger partial charge in [0.15, 0.2) is 0 Å². The fourth-order valence-corrected chi connectivity index (χ4v) is 5.59. The highest BCUT2D eigenvalue weighted by Crippen LogP contribution is 2.21. The van der Waals surface area contributed by atoms with E-state index in [-0.39, 0.29) is 17.2 Å². The van der Waals surface area contributed by atoms with E-state index in [2.05, 4.69) is 4.72 Å². The smallest absolute Gasteiger partial charge is 0.241 e. The predicted octanol–water partition coefficient (Wildman–Crippen LogP) is 2.36. The molecular weight excluding hydrogens is 372 g/mol. The lowest BCUT2D eigenvalue weighted by molar-refractivity contribution is 0.579. The number of hydrogen-bond donors (Lipinski definition) is 1. The second-order valence-corrected chi connectivity index (χ2v) is 10.1. The summed E-state index contributed by atoms with van der Waals surface area (Å²) in [6.45, 7) is 5.16. The normalized spacial score (nSPS) is 12.2. The number of hydrogen-bond acceptors (Lipinski definition) is 4. The molecule has 0 bridgehead atoms. The summed E-state index contributed by atoms with van der Waals surface area (Å²) in [7, 11) is -5.97. The van der Waals surface area contributed by atoms with Gasteiger partial charge in [-0.05, 0) is 44.0 Å². The number of para-hydroxylation sites is 1. The number of benzene rings is 2. The summed E-state index contributed by atoms with van der Waals surface area (Å²) in [6.07, 6.45) is 0. The van der Waals surface area contributed by atoms with Crippen LogP contribution in [0.4, 0.5) is 5.69 Å². The van der Waals surface area contributed by atoms with Crippen molar-refractivity contribution in [1.29, 1.82) is 0 Å². The van der Waals surface area contributed by atoms with Gasteiger partial charge in [-0.3, -0.25) is 4.31 Å². The van der Waals surface area contributed by atoms with Crippen molar-refractivity contribution in [3.63, 3.8) is 0 Å². The Morgan fingerprint density at radius 3 is 2.00 bits per heavy atom. The Bertz CT molecular complexity index is 962. The Labute approximate surface area is 156 Å². The molecule has 0 saturated carbocycles. The molecule has 26 heavy (non-hydrogen) atoms. The van der Waals surface area contributed by atoms with Crippen LogP contribution in [0.3, 0.4) is 0 Å². The van der Waals surface area contributed by atoms with Crippen LogP contribution in [-0.2, 0) is 20.0 Å². The number of sulfonamides is 2. The summed E-state index contributed by atoms with van der Waals surface area (Å²) in [5.74, 6) is -0.332. The van der Waals surface area contributed by atoms with Crippen molar-refractivity contribution >= 4 is 25.7 Å². The van der Waals surface area contributed by atoms with Crippen molar-refractivity contribution in [3.8, 4) is 0 Å². The Kier molecular flexibility index (Phi) is 6.10. The molecule has 1 N–H and O–H groups in total. The first-order valence-corrected chi connectivity index (χ1v) is 11.2. The minimum Gasteiger partial charge on any atom is -0.273 e. The van der Waals surface area contributed by atoms with Gasteiger partial charge in [0.2, 0.25) is 20.0 Å². The maximum Gasteiger partial charge on any atom is 0.241 e. The van der Waals surface area contributed by atoms with Crippen LogP contribution in [0.2, 0.25) is 0 Å². The molecule has 8 heteroatoms. The molecule has 0 radical (unpaired) electrons. The van der Waals surface area contributed by atoms with E-state index in [1.54, 1.807) is 56.3 Å². The molecule has 0 aromatic heterocycles. The topological polar surface area (TPSA) is 83.5 Å². The van der Waals surface area contributed by atoms with Crippen molar-refractivity contribution in [2.24, 2.45) is 0 Å². The number of rotatable bonds is 7. The van der Waals surface area contributed by atoms with Gasteiger partial charge in [-0.2, -0.15) is 0 Å². The lowest BCUT2D eigenvalue weighted by Gasteiger charge is -2.19. The Balaban J connectivity index is 2.11. The molecule has 0 aliphatic carbocycles. The van der Waals surface area contributed by atoms with Gasteiger partial charge in [0.25, 0.3) is 0 Å². The maximum atomic E-state index is 12.6. The molecule has 0 heterocycles. The number of aryl methyl sites for hydroxylation is 3. The van der Waals surface area contributed by atoms with E-state index < -0.39 is 20.0 Å². The summed E-state index contributed by atoms with van der Waals surface area (Å²) in [5, 5.41) is 0. The monoisotopic (exact) mass is 396 g/mol.